The number of benzene rings is 2. The van der Waals surface area contributed by atoms with Crippen molar-refractivity contribution in [2.24, 2.45) is 16.6 Å². The van der Waals surface area contributed by atoms with Crippen LogP contribution in [0.4, 0.5) is 5.69 Å². The average Bonchev–Trinajstić information content (AvgIpc) is 3.36. The summed E-state index contributed by atoms with van der Waals surface area (Å²) < 4.78 is 0. The number of hydrogen-bond donors (Lipinski definition) is 2. The van der Waals surface area contributed by atoms with Gasteiger partial charge in [-0.05, 0) is 42.7 Å². The summed E-state index contributed by atoms with van der Waals surface area (Å²) in [5.41, 5.74) is 6.17. The van der Waals surface area contributed by atoms with Crippen molar-refractivity contribution < 1.29 is 9.90 Å². The van der Waals surface area contributed by atoms with Gasteiger partial charge < -0.3 is 20.6 Å². The highest BCUT2D eigenvalue weighted by molar-refractivity contribution is 6.30. The maximum atomic E-state index is 13.6. The second-order valence-corrected chi connectivity index (χ2v) is 8.78. The molecule has 1 aliphatic carbocycles. The van der Waals surface area contributed by atoms with E-state index in [-0.39, 0.29) is 11.8 Å². The van der Waals surface area contributed by atoms with Crippen LogP contribution in [-0.4, -0.2) is 53.0 Å². The number of guanidine groups is 1. The van der Waals surface area contributed by atoms with E-state index in [2.05, 4.69) is 4.99 Å². The molecule has 1 unspecified atom stereocenters. The molecule has 3 N–H and O–H groups in total. The Morgan fingerprint density at radius 1 is 0.968 bits per heavy atom. The SMILES string of the molecule is NC(=Nc1ccc(Cl)cc1)N1CCN(C(=O)C(O)(c2ccccc2)C2CCCC2)CC1. The lowest BCUT2D eigenvalue weighted by Crippen LogP contribution is -2.58. The Balaban J connectivity index is 1.46. The molecule has 1 heterocycles. The molecule has 1 saturated carbocycles. The van der Waals surface area contributed by atoms with Crippen molar-refractivity contribution in [3.63, 3.8) is 0 Å². The monoisotopic (exact) mass is 440 g/mol. The highest BCUT2D eigenvalue weighted by Crippen LogP contribution is 2.42. The number of rotatable bonds is 4. The lowest BCUT2D eigenvalue weighted by molar-refractivity contribution is -0.160. The number of aliphatic imine (C=N–C) groups is 1. The fourth-order valence-electron chi connectivity index (χ4n) is 4.67. The van der Waals surface area contributed by atoms with Crippen LogP contribution in [0.25, 0.3) is 0 Å². The predicted octanol–water partition coefficient (Wildman–Crippen LogP) is 3.51. The standard InChI is InChI=1S/C24H29ClN4O2/c25-20-10-12-21(13-11-20)27-23(26)29-16-14-28(15-17-29)22(30)24(31,19-8-4-5-9-19)18-6-2-1-3-7-18/h1-3,6-7,10-13,19,31H,4-5,8-9,14-17H2,(H2,26,27). The normalized spacial score (nSPS) is 20.0. The Kier molecular flexibility index (Phi) is 6.49. The summed E-state index contributed by atoms with van der Waals surface area (Å²) in [7, 11) is 0. The van der Waals surface area contributed by atoms with E-state index in [1.165, 1.54) is 0 Å². The first-order valence-corrected chi connectivity index (χ1v) is 11.3. The molecule has 2 aromatic carbocycles. The Bertz CT molecular complexity index is 920. The molecule has 1 saturated heterocycles. The number of amides is 1. The van der Waals surface area contributed by atoms with Crippen LogP contribution < -0.4 is 5.73 Å². The number of carbonyl (C=O) groups excluding carboxylic acids is 1. The van der Waals surface area contributed by atoms with Gasteiger partial charge in [0.1, 0.15) is 0 Å². The second kappa shape index (κ2) is 9.28. The van der Waals surface area contributed by atoms with Crippen LogP contribution in [0.1, 0.15) is 31.2 Å². The van der Waals surface area contributed by atoms with Crippen molar-refractivity contribution in [3.05, 3.63) is 65.2 Å². The summed E-state index contributed by atoms with van der Waals surface area (Å²) >= 11 is 5.92. The predicted molar refractivity (Wildman–Crippen MR) is 123 cm³/mol. The van der Waals surface area contributed by atoms with E-state index in [4.69, 9.17) is 17.3 Å². The molecule has 2 aromatic rings. The highest BCUT2D eigenvalue weighted by atomic mass is 35.5. The molecule has 0 spiro atoms. The van der Waals surface area contributed by atoms with Crippen LogP contribution in [0.5, 0.6) is 0 Å². The van der Waals surface area contributed by atoms with Crippen molar-refractivity contribution >= 4 is 29.2 Å². The van der Waals surface area contributed by atoms with Crippen molar-refractivity contribution in [1.82, 2.24) is 9.80 Å². The Morgan fingerprint density at radius 2 is 1.55 bits per heavy atom. The number of halogens is 1. The zero-order valence-electron chi connectivity index (χ0n) is 17.6. The smallest absolute Gasteiger partial charge is 0.259 e. The van der Waals surface area contributed by atoms with Crippen LogP contribution >= 0.6 is 11.6 Å². The van der Waals surface area contributed by atoms with Crippen LogP contribution in [0, 0.1) is 5.92 Å². The lowest BCUT2D eigenvalue weighted by Gasteiger charge is -2.41. The summed E-state index contributed by atoms with van der Waals surface area (Å²) in [6.07, 6.45) is 3.85. The van der Waals surface area contributed by atoms with Gasteiger partial charge >= 0.3 is 0 Å². The molecule has 2 aliphatic rings. The van der Waals surface area contributed by atoms with Gasteiger partial charge in [-0.1, -0.05) is 54.8 Å². The number of nitrogens with zero attached hydrogens (tertiary/aromatic N) is 3. The molecular weight excluding hydrogens is 412 g/mol. The minimum atomic E-state index is -1.47. The summed E-state index contributed by atoms with van der Waals surface area (Å²) in [6.45, 7) is 2.14. The number of carbonyl (C=O) groups is 1. The molecule has 1 atom stereocenters. The molecule has 164 valence electrons. The fourth-order valence-corrected chi connectivity index (χ4v) is 4.79. The molecule has 2 fully saturated rings. The Hall–Kier alpha value is -2.57. The van der Waals surface area contributed by atoms with E-state index in [1.807, 2.05) is 47.4 Å². The molecule has 0 aromatic heterocycles. The quantitative estimate of drug-likeness (QED) is 0.563. The zero-order chi connectivity index (χ0) is 21.8. The van der Waals surface area contributed by atoms with E-state index >= 15 is 0 Å². The van der Waals surface area contributed by atoms with Crippen molar-refractivity contribution in [2.45, 2.75) is 31.3 Å². The van der Waals surface area contributed by atoms with E-state index in [0.29, 0.717) is 42.7 Å². The summed E-state index contributed by atoms with van der Waals surface area (Å²) in [6, 6.07) is 16.6. The summed E-state index contributed by atoms with van der Waals surface area (Å²) in [4.78, 5) is 21.8. The van der Waals surface area contributed by atoms with Crippen LogP contribution in [0.3, 0.4) is 0 Å². The molecular formula is C24H29ClN4O2. The van der Waals surface area contributed by atoms with Gasteiger partial charge in [-0.3, -0.25) is 4.79 Å². The zero-order valence-corrected chi connectivity index (χ0v) is 18.3. The first-order chi connectivity index (χ1) is 15.0. The van der Waals surface area contributed by atoms with E-state index in [0.717, 1.165) is 31.4 Å². The molecule has 4 rings (SSSR count). The largest absolute Gasteiger partial charge is 0.375 e. The minimum Gasteiger partial charge on any atom is -0.375 e. The maximum absolute atomic E-state index is 13.6. The van der Waals surface area contributed by atoms with Crippen molar-refractivity contribution in [2.75, 3.05) is 26.2 Å². The van der Waals surface area contributed by atoms with Gasteiger partial charge in [0.05, 0.1) is 5.69 Å². The number of nitrogens with two attached hydrogens (primary N) is 1. The van der Waals surface area contributed by atoms with Gasteiger partial charge in [0, 0.05) is 37.1 Å². The van der Waals surface area contributed by atoms with Gasteiger partial charge in [0.2, 0.25) is 0 Å². The van der Waals surface area contributed by atoms with E-state index in [1.54, 1.807) is 17.0 Å². The molecule has 6 nitrogen and oxygen atoms in total. The van der Waals surface area contributed by atoms with Crippen molar-refractivity contribution in [3.8, 4) is 0 Å². The van der Waals surface area contributed by atoms with Gasteiger partial charge in [-0.15, -0.1) is 0 Å². The van der Waals surface area contributed by atoms with E-state index in [9.17, 15) is 9.90 Å². The molecule has 0 bridgehead atoms. The third-order valence-corrected chi connectivity index (χ3v) is 6.70. The topological polar surface area (TPSA) is 82.2 Å². The second-order valence-electron chi connectivity index (χ2n) is 8.34. The molecule has 0 radical (unpaired) electrons. The number of piperazine rings is 1. The maximum Gasteiger partial charge on any atom is 0.259 e. The van der Waals surface area contributed by atoms with Crippen LogP contribution in [0.2, 0.25) is 5.02 Å². The highest BCUT2D eigenvalue weighted by Gasteiger charge is 2.48. The van der Waals surface area contributed by atoms with E-state index < -0.39 is 5.60 Å². The minimum absolute atomic E-state index is 0.0445. The molecule has 31 heavy (non-hydrogen) atoms. The average molecular weight is 441 g/mol. The number of hydrogen-bond acceptors (Lipinski definition) is 3. The Morgan fingerprint density at radius 3 is 2.16 bits per heavy atom. The Labute approximate surface area is 188 Å². The fraction of sp³-hybridized carbons (Fsp3) is 0.417. The van der Waals surface area contributed by atoms with Gasteiger partial charge in [-0.25, -0.2) is 4.99 Å². The van der Waals surface area contributed by atoms with Gasteiger partial charge in [0.15, 0.2) is 11.6 Å². The molecule has 1 aliphatic heterocycles. The first-order valence-electron chi connectivity index (χ1n) is 10.9. The molecule has 7 heteroatoms. The van der Waals surface area contributed by atoms with Crippen LogP contribution in [-0.2, 0) is 10.4 Å². The van der Waals surface area contributed by atoms with Gasteiger partial charge in [0.25, 0.3) is 5.91 Å². The number of aliphatic hydroxyl groups is 1. The van der Waals surface area contributed by atoms with Crippen molar-refractivity contribution in [1.29, 1.82) is 0 Å². The van der Waals surface area contributed by atoms with Crippen LogP contribution in [0.15, 0.2) is 59.6 Å². The first kappa shape index (κ1) is 21.7. The third kappa shape index (κ3) is 4.55. The summed E-state index contributed by atoms with van der Waals surface area (Å²) in [5, 5.41) is 12.4. The summed E-state index contributed by atoms with van der Waals surface area (Å²) in [5.74, 6) is 0.180. The van der Waals surface area contributed by atoms with Gasteiger partial charge in [-0.2, -0.15) is 0 Å². The third-order valence-electron chi connectivity index (χ3n) is 6.45. The lowest BCUT2D eigenvalue weighted by atomic mass is 9.79. The molecule has 1 amide bonds.